The van der Waals surface area contributed by atoms with Crippen LogP contribution in [-0.2, 0) is 24.1 Å². The Kier molecular flexibility index (Phi) is 2.76. The van der Waals surface area contributed by atoms with Crippen molar-refractivity contribution in [1.82, 2.24) is 0 Å². The summed E-state index contributed by atoms with van der Waals surface area (Å²) in [5.74, 6) is -1.16. The summed E-state index contributed by atoms with van der Waals surface area (Å²) in [6, 6.07) is 0. The molecule has 0 saturated heterocycles. The molecule has 0 bridgehead atoms. The highest BCUT2D eigenvalue weighted by Crippen LogP contribution is 2.29. The minimum Gasteiger partial charge on any atom is -0.380 e. The molecule has 1 aliphatic heterocycles. The average molecular weight is 266 g/mol. The Labute approximate surface area is 83.6 Å². The molecule has 0 atom stereocenters. The molecule has 1 heterocycles. The Morgan fingerprint density at radius 3 is 2.20 bits per heavy atom. The molecule has 15 heavy (non-hydrogen) atoms. The van der Waals surface area contributed by atoms with Crippen LogP contribution in [0.3, 0.4) is 0 Å². The summed E-state index contributed by atoms with van der Waals surface area (Å²) in [4.78, 5) is 0. The smallest absolute Gasteiger partial charge is 0.380 e. The topological polar surface area (TPSA) is 77.5 Å². The van der Waals surface area contributed by atoms with Crippen LogP contribution in [-0.4, -0.2) is 28.1 Å². The summed E-state index contributed by atoms with van der Waals surface area (Å²) in [5.41, 5.74) is -5.56. The minimum absolute atomic E-state index is 0.377. The van der Waals surface area contributed by atoms with Gasteiger partial charge < -0.3 is 4.18 Å². The van der Waals surface area contributed by atoms with Gasteiger partial charge in [0.05, 0.1) is 11.2 Å². The zero-order chi connectivity index (χ0) is 11.9. The van der Waals surface area contributed by atoms with Gasteiger partial charge in [0.2, 0.25) is 0 Å². The monoisotopic (exact) mass is 266 g/mol. The van der Waals surface area contributed by atoms with E-state index < -0.39 is 37.0 Å². The lowest BCUT2D eigenvalue weighted by Gasteiger charge is -2.08. The molecule has 0 amide bonds. The summed E-state index contributed by atoms with van der Waals surface area (Å²) < 4.78 is 81.4. The van der Waals surface area contributed by atoms with E-state index in [2.05, 4.69) is 4.18 Å². The second kappa shape index (κ2) is 3.37. The van der Waals surface area contributed by atoms with Crippen molar-refractivity contribution in [2.45, 2.75) is 11.9 Å². The van der Waals surface area contributed by atoms with Crippen LogP contribution in [0.2, 0.25) is 0 Å². The van der Waals surface area contributed by atoms with Gasteiger partial charge in [-0.25, -0.2) is 8.42 Å². The Bertz CT molecular complexity index is 483. The van der Waals surface area contributed by atoms with E-state index in [1.807, 2.05) is 0 Å². The molecule has 0 radical (unpaired) electrons. The fraction of sp³-hybridized carbons (Fsp3) is 0.600. The first-order chi connectivity index (χ1) is 6.54. The van der Waals surface area contributed by atoms with Gasteiger partial charge in [0, 0.05) is 6.42 Å². The zero-order valence-corrected chi connectivity index (χ0v) is 8.62. The molecular weight excluding hydrogens is 261 g/mol. The maximum Gasteiger partial charge on any atom is 0.534 e. The second-order valence-corrected chi connectivity index (χ2v) is 6.19. The van der Waals surface area contributed by atoms with Crippen molar-refractivity contribution in [3.05, 3.63) is 11.2 Å². The van der Waals surface area contributed by atoms with Gasteiger partial charge in [-0.2, -0.15) is 21.6 Å². The van der Waals surface area contributed by atoms with E-state index in [0.29, 0.717) is 5.41 Å². The van der Waals surface area contributed by atoms with E-state index in [4.69, 9.17) is 0 Å². The third-order valence-electron chi connectivity index (χ3n) is 1.44. The Hall–Kier alpha value is -0.770. The van der Waals surface area contributed by atoms with Crippen LogP contribution in [0, 0.1) is 0 Å². The lowest BCUT2D eigenvalue weighted by Crippen LogP contribution is -2.25. The molecule has 0 aliphatic carbocycles. The van der Waals surface area contributed by atoms with E-state index in [1.54, 1.807) is 0 Å². The molecule has 1 rings (SSSR count). The molecule has 0 fully saturated rings. The molecule has 0 aromatic rings. The number of hydrogen-bond acceptors (Lipinski definition) is 5. The van der Waals surface area contributed by atoms with Crippen molar-refractivity contribution >= 4 is 20.0 Å². The van der Waals surface area contributed by atoms with E-state index in [9.17, 15) is 30.0 Å². The normalized spacial score (nSPS) is 21.1. The molecule has 0 spiro atoms. The van der Waals surface area contributed by atoms with Gasteiger partial charge in [0.25, 0.3) is 0 Å². The fourth-order valence-electron chi connectivity index (χ4n) is 0.810. The first kappa shape index (κ1) is 12.3. The van der Waals surface area contributed by atoms with E-state index in [-0.39, 0.29) is 6.42 Å². The summed E-state index contributed by atoms with van der Waals surface area (Å²) in [7, 11) is -9.40. The highest BCUT2D eigenvalue weighted by atomic mass is 32.2. The summed E-state index contributed by atoms with van der Waals surface area (Å²) in [6.45, 7) is 0. The number of rotatable bonds is 2. The molecule has 0 saturated carbocycles. The highest BCUT2D eigenvalue weighted by Gasteiger charge is 2.49. The molecule has 10 heteroatoms. The van der Waals surface area contributed by atoms with E-state index in [1.165, 1.54) is 0 Å². The lowest BCUT2D eigenvalue weighted by molar-refractivity contribution is -0.0522. The Morgan fingerprint density at radius 2 is 1.87 bits per heavy atom. The molecule has 0 aromatic heterocycles. The first-order valence-corrected chi connectivity index (χ1v) is 6.60. The first-order valence-electron chi connectivity index (χ1n) is 3.48. The number of allylic oxidation sites excluding steroid dienone is 1. The number of sulfone groups is 1. The maximum absolute atomic E-state index is 11.8. The Morgan fingerprint density at radius 1 is 1.33 bits per heavy atom. The number of hydrogen-bond donors (Lipinski definition) is 0. The molecule has 88 valence electrons. The second-order valence-electron chi connectivity index (χ2n) is 2.68. The molecule has 1 aliphatic rings. The zero-order valence-electron chi connectivity index (χ0n) is 6.98. The third-order valence-corrected chi connectivity index (χ3v) is 3.84. The van der Waals surface area contributed by atoms with Crippen molar-refractivity contribution in [2.24, 2.45) is 0 Å². The third kappa shape index (κ3) is 2.84. The standard InChI is InChI=1S/C5H5F3O5S2/c6-5(7,8)15(11,12)13-4-1-2-14(9,10)3-4/h3H,1-2H2. The molecule has 0 N–H and O–H groups in total. The van der Waals surface area contributed by atoms with Gasteiger partial charge in [-0.05, 0) is 0 Å². The predicted octanol–water partition coefficient (Wildman–Crippen LogP) is 0.513. The predicted molar refractivity (Wildman–Crippen MR) is 42.5 cm³/mol. The highest BCUT2D eigenvalue weighted by molar-refractivity contribution is 7.94. The quantitative estimate of drug-likeness (QED) is 0.537. The van der Waals surface area contributed by atoms with Crippen LogP contribution in [0.1, 0.15) is 6.42 Å². The average Bonchev–Trinajstić information content (AvgIpc) is 2.26. The van der Waals surface area contributed by atoms with Crippen LogP contribution in [0.25, 0.3) is 0 Å². The van der Waals surface area contributed by atoms with Gasteiger partial charge in [-0.15, -0.1) is 0 Å². The van der Waals surface area contributed by atoms with E-state index in [0.717, 1.165) is 0 Å². The fourth-order valence-corrected chi connectivity index (χ4v) is 2.55. The number of halogens is 3. The minimum atomic E-state index is -5.76. The van der Waals surface area contributed by atoms with Crippen molar-refractivity contribution < 1.29 is 34.2 Å². The van der Waals surface area contributed by atoms with Crippen molar-refractivity contribution in [2.75, 3.05) is 5.75 Å². The van der Waals surface area contributed by atoms with Crippen LogP contribution >= 0.6 is 0 Å². The molecular formula is C5H5F3O5S2. The SMILES string of the molecule is O=S1(=O)C=C(OS(=O)(=O)C(F)(F)F)CC1. The summed E-state index contributed by atoms with van der Waals surface area (Å²) in [6.07, 6.45) is -0.377. The van der Waals surface area contributed by atoms with Crippen LogP contribution in [0.5, 0.6) is 0 Å². The van der Waals surface area contributed by atoms with Crippen LogP contribution < -0.4 is 0 Å². The summed E-state index contributed by atoms with van der Waals surface area (Å²) in [5, 5.41) is 0.385. The van der Waals surface area contributed by atoms with Crippen molar-refractivity contribution in [1.29, 1.82) is 0 Å². The van der Waals surface area contributed by atoms with Gasteiger partial charge in [0.1, 0.15) is 5.76 Å². The van der Waals surface area contributed by atoms with Crippen LogP contribution in [0.15, 0.2) is 11.2 Å². The van der Waals surface area contributed by atoms with Gasteiger partial charge in [-0.1, -0.05) is 0 Å². The number of alkyl halides is 3. The Balaban J connectivity index is 2.91. The van der Waals surface area contributed by atoms with Gasteiger partial charge >= 0.3 is 15.6 Å². The van der Waals surface area contributed by atoms with Crippen molar-refractivity contribution in [3.8, 4) is 0 Å². The largest absolute Gasteiger partial charge is 0.534 e. The van der Waals surface area contributed by atoms with Crippen molar-refractivity contribution in [3.63, 3.8) is 0 Å². The molecule has 0 unspecified atom stereocenters. The van der Waals surface area contributed by atoms with Gasteiger partial charge in [0.15, 0.2) is 9.84 Å². The van der Waals surface area contributed by atoms with Crippen LogP contribution in [0.4, 0.5) is 13.2 Å². The van der Waals surface area contributed by atoms with Gasteiger partial charge in [-0.3, -0.25) is 0 Å². The maximum atomic E-state index is 11.8. The molecule has 0 aromatic carbocycles. The molecule has 5 nitrogen and oxygen atoms in total. The lowest BCUT2D eigenvalue weighted by atomic mass is 10.4. The van der Waals surface area contributed by atoms with E-state index >= 15 is 0 Å². The summed E-state index contributed by atoms with van der Waals surface area (Å²) >= 11 is 0.